The third-order valence-corrected chi connectivity index (χ3v) is 5.44. The van der Waals surface area contributed by atoms with Gasteiger partial charge in [0.15, 0.2) is 0 Å². The molecule has 0 bridgehead atoms. The normalized spacial score (nSPS) is 22.1. The summed E-state index contributed by atoms with van der Waals surface area (Å²) >= 11 is 0. The number of nitrogens with zero attached hydrogens (tertiary/aromatic N) is 2. The monoisotopic (exact) mass is 372 g/mol. The molecule has 2 aliphatic rings. The highest BCUT2D eigenvalue weighted by Gasteiger charge is 2.37. The molecule has 148 valence electrons. The van der Waals surface area contributed by atoms with Gasteiger partial charge in [-0.25, -0.2) is 4.79 Å². The molecule has 27 heavy (non-hydrogen) atoms. The van der Waals surface area contributed by atoms with Gasteiger partial charge in [-0.1, -0.05) is 30.3 Å². The summed E-state index contributed by atoms with van der Waals surface area (Å²) < 4.78 is 0. The van der Waals surface area contributed by atoms with Crippen molar-refractivity contribution in [3.05, 3.63) is 35.9 Å². The van der Waals surface area contributed by atoms with Crippen LogP contribution in [-0.4, -0.2) is 59.0 Å². The van der Waals surface area contributed by atoms with E-state index in [9.17, 15) is 9.59 Å². The first-order valence-corrected chi connectivity index (χ1v) is 9.95. The first kappa shape index (κ1) is 19.7. The van der Waals surface area contributed by atoms with Crippen LogP contribution in [0.4, 0.5) is 4.79 Å². The fraction of sp³-hybridized carbons (Fsp3) is 0.619. The Labute approximate surface area is 162 Å². The molecule has 1 unspecified atom stereocenters. The molecule has 6 nitrogen and oxygen atoms in total. The van der Waals surface area contributed by atoms with Crippen LogP contribution in [0.15, 0.2) is 30.3 Å². The van der Waals surface area contributed by atoms with Gasteiger partial charge in [0.2, 0.25) is 5.91 Å². The lowest BCUT2D eigenvalue weighted by molar-refractivity contribution is -0.131. The van der Waals surface area contributed by atoms with E-state index in [2.05, 4.69) is 39.8 Å². The van der Waals surface area contributed by atoms with E-state index < -0.39 is 0 Å². The number of likely N-dealkylation sites (tertiary alicyclic amines) is 2. The van der Waals surface area contributed by atoms with Gasteiger partial charge in [0, 0.05) is 44.2 Å². The molecule has 2 saturated heterocycles. The number of benzene rings is 1. The van der Waals surface area contributed by atoms with Crippen molar-refractivity contribution in [2.75, 3.05) is 19.6 Å². The van der Waals surface area contributed by atoms with Gasteiger partial charge in [0.25, 0.3) is 0 Å². The van der Waals surface area contributed by atoms with Crippen LogP contribution in [0.5, 0.6) is 0 Å². The van der Waals surface area contributed by atoms with Crippen molar-refractivity contribution in [3.8, 4) is 0 Å². The maximum absolute atomic E-state index is 12.3. The fourth-order valence-corrected chi connectivity index (χ4v) is 3.94. The molecule has 2 fully saturated rings. The van der Waals surface area contributed by atoms with E-state index in [0.29, 0.717) is 13.0 Å². The SMILES string of the molecule is CC(C)(C)N1CC(NC(=O)NC2CCN(Cc3ccccc3)CC2)CC1=O. The van der Waals surface area contributed by atoms with Gasteiger partial charge in [-0.15, -0.1) is 0 Å². The van der Waals surface area contributed by atoms with Crippen LogP contribution in [0.1, 0.15) is 45.6 Å². The number of urea groups is 1. The molecule has 0 radical (unpaired) electrons. The van der Waals surface area contributed by atoms with Crippen LogP contribution < -0.4 is 10.6 Å². The molecule has 6 heteroatoms. The first-order valence-electron chi connectivity index (χ1n) is 9.95. The van der Waals surface area contributed by atoms with Gasteiger partial charge in [-0.2, -0.15) is 0 Å². The zero-order valence-electron chi connectivity index (χ0n) is 16.7. The summed E-state index contributed by atoms with van der Waals surface area (Å²) in [5.41, 5.74) is 1.13. The molecule has 0 saturated carbocycles. The summed E-state index contributed by atoms with van der Waals surface area (Å²) in [6.45, 7) is 9.60. The highest BCUT2D eigenvalue weighted by Crippen LogP contribution is 2.22. The molecular formula is C21H32N4O2. The molecule has 3 rings (SSSR count). The molecule has 1 atom stereocenters. The average molecular weight is 373 g/mol. The summed E-state index contributed by atoms with van der Waals surface area (Å²) in [7, 11) is 0. The van der Waals surface area contributed by atoms with Gasteiger partial charge in [0.05, 0.1) is 6.04 Å². The quantitative estimate of drug-likeness (QED) is 0.853. The Hall–Kier alpha value is -2.08. The second kappa shape index (κ2) is 8.30. The maximum atomic E-state index is 12.3. The molecule has 3 amide bonds. The van der Waals surface area contributed by atoms with Crippen molar-refractivity contribution >= 4 is 11.9 Å². The lowest BCUT2D eigenvalue weighted by Gasteiger charge is -2.33. The van der Waals surface area contributed by atoms with Crippen LogP contribution >= 0.6 is 0 Å². The van der Waals surface area contributed by atoms with E-state index in [4.69, 9.17) is 0 Å². The topological polar surface area (TPSA) is 64.7 Å². The zero-order valence-corrected chi connectivity index (χ0v) is 16.7. The van der Waals surface area contributed by atoms with E-state index in [1.807, 2.05) is 31.7 Å². The maximum Gasteiger partial charge on any atom is 0.315 e. The molecule has 0 aromatic heterocycles. The number of nitrogens with one attached hydrogen (secondary N) is 2. The molecule has 0 spiro atoms. The summed E-state index contributed by atoms with van der Waals surface area (Å²) in [5.74, 6) is 0.113. The van der Waals surface area contributed by atoms with E-state index in [-0.39, 0.29) is 29.6 Å². The van der Waals surface area contributed by atoms with Crippen molar-refractivity contribution in [1.29, 1.82) is 0 Å². The van der Waals surface area contributed by atoms with Crippen LogP contribution in [-0.2, 0) is 11.3 Å². The van der Waals surface area contributed by atoms with Crippen molar-refractivity contribution in [2.24, 2.45) is 0 Å². The van der Waals surface area contributed by atoms with E-state index in [1.165, 1.54) is 5.56 Å². The predicted molar refractivity (Wildman–Crippen MR) is 106 cm³/mol. The average Bonchev–Trinajstić information content (AvgIpc) is 2.98. The molecule has 1 aromatic rings. The van der Waals surface area contributed by atoms with E-state index >= 15 is 0 Å². The third-order valence-electron chi connectivity index (χ3n) is 5.44. The Morgan fingerprint density at radius 3 is 2.30 bits per heavy atom. The highest BCUT2D eigenvalue weighted by atomic mass is 16.2. The third kappa shape index (κ3) is 5.45. The second-order valence-electron chi connectivity index (χ2n) is 8.73. The Kier molecular flexibility index (Phi) is 6.05. The largest absolute Gasteiger partial charge is 0.336 e. The Balaban J connectivity index is 1.39. The Morgan fingerprint density at radius 2 is 1.70 bits per heavy atom. The molecule has 1 aromatic carbocycles. The van der Waals surface area contributed by atoms with Gasteiger partial charge in [-0.05, 0) is 39.2 Å². The second-order valence-corrected chi connectivity index (χ2v) is 8.73. The minimum absolute atomic E-state index is 0.102. The summed E-state index contributed by atoms with van der Waals surface area (Å²) in [6.07, 6.45) is 2.30. The minimum Gasteiger partial charge on any atom is -0.336 e. The number of rotatable bonds is 4. The summed E-state index contributed by atoms with van der Waals surface area (Å²) in [5, 5.41) is 6.08. The minimum atomic E-state index is -0.199. The van der Waals surface area contributed by atoms with Crippen LogP contribution in [0, 0.1) is 0 Å². The number of amides is 3. The Bertz CT molecular complexity index is 648. The van der Waals surface area contributed by atoms with Gasteiger partial charge in [-0.3, -0.25) is 9.69 Å². The fourth-order valence-electron chi connectivity index (χ4n) is 3.94. The molecule has 2 heterocycles. The van der Waals surface area contributed by atoms with E-state index in [0.717, 1.165) is 32.5 Å². The standard InChI is InChI=1S/C21H32N4O2/c1-21(2,3)25-15-18(13-19(25)26)23-20(27)22-17-9-11-24(12-10-17)14-16-7-5-4-6-8-16/h4-8,17-18H,9-15H2,1-3H3,(H2,22,23,27). The number of hydrogen-bond acceptors (Lipinski definition) is 3. The van der Waals surface area contributed by atoms with Crippen LogP contribution in [0.2, 0.25) is 0 Å². The number of carbonyl (C=O) groups excluding carboxylic acids is 2. The van der Waals surface area contributed by atoms with Crippen LogP contribution in [0.3, 0.4) is 0 Å². The number of piperidine rings is 1. The van der Waals surface area contributed by atoms with Gasteiger partial charge in [0.1, 0.15) is 0 Å². The number of hydrogen-bond donors (Lipinski definition) is 2. The zero-order chi connectivity index (χ0) is 19.4. The van der Waals surface area contributed by atoms with Crippen molar-refractivity contribution in [3.63, 3.8) is 0 Å². The lowest BCUT2D eigenvalue weighted by atomic mass is 10.0. The molecule has 2 N–H and O–H groups in total. The van der Waals surface area contributed by atoms with Crippen LogP contribution in [0.25, 0.3) is 0 Å². The Morgan fingerprint density at radius 1 is 1.07 bits per heavy atom. The molecule has 2 aliphatic heterocycles. The molecular weight excluding hydrogens is 340 g/mol. The van der Waals surface area contributed by atoms with Crippen molar-refractivity contribution in [1.82, 2.24) is 20.4 Å². The summed E-state index contributed by atoms with van der Waals surface area (Å²) in [4.78, 5) is 28.8. The number of carbonyl (C=O) groups is 2. The molecule has 0 aliphatic carbocycles. The van der Waals surface area contributed by atoms with Crippen molar-refractivity contribution < 1.29 is 9.59 Å². The highest BCUT2D eigenvalue weighted by molar-refractivity contribution is 5.82. The smallest absolute Gasteiger partial charge is 0.315 e. The lowest BCUT2D eigenvalue weighted by Crippen LogP contribution is -2.51. The predicted octanol–water partition coefficient (Wildman–Crippen LogP) is 2.35. The van der Waals surface area contributed by atoms with Crippen molar-refractivity contribution in [2.45, 2.75) is 64.2 Å². The first-order chi connectivity index (χ1) is 12.8. The van der Waals surface area contributed by atoms with Gasteiger partial charge < -0.3 is 15.5 Å². The van der Waals surface area contributed by atoms with E-state index in [1.54, 1.807) is 0 Å². The van der Waals surface area contributed by atoms with Gasteiger partial charge >= 0.3 is 6.03 Å². The summed E-state index contributed by atoms with van der Waals surface area (Å²) in [6, 6.07) is 10.4.